The van der Waals surface area contributed by atoms with Crippen molar-refractivity contribution in [3.8, 4) is 5.75 Å². The highest BCUT2D eigenvalue weighted by molar-refractivity contribution is 5.58. The second kappa shape index (κ2) is 7.91. The fourth-order valence-electron chi connectivity index (χ4n) is 4.09. The molecule has 0 saturated carbocycles. The smallest absolute Gasteiger partial charge is 0.163 e. The molecule has 0 aromatic heterocycles. The number of para-hydroxylation sites is 2. The molecule has 7 heteroatoms. The van der Waals surface area contributed by atoms with E-state index in [0.29, 0.717) is 13.2 Å². The van der Waals surface area contributed by atoms with Crippen LogP contribution in [0.5, 0.6) is 5.75 Å². The summed E-state index contributed by atoms with van der Waals surface area (Å²) in [5.74, 6) is 1.10. The number of nitrogens with zero attached hydrogens (tertiary/aromatic N) is 2. The minimum absolute atomic E-state index is 0.249. The maximum atomic E-state index is 10.4. The van der Waals surface area contributed by atoms with E-state index >= 15 is 0 Å². The van der Waals surface area contributed by atoms with Gasteiger partial charge in [-0.25, -0.2) is 0 Å². The summed E-state index contributed by atoms with van der Waals surface area (Å²) in [5.41, 5.74) is 1.14. The van der Waals surface area contributed by atoms with Crippen molar-refractivity contribution >= 4 is 5.69 Å². The summed E-state index contributed by atoms with van der Waals surface area (Å²) < 4.78 is 23.0. The lowest BCUT2D eigenvalue weighted by atomic mass is 10.1. The van der Waals surface area contributed by atoms with Gasteiger partial charge in [-0.2, -0.15) is 0 Å². The van der Waals surface area contributed by atoms with Gasteiger partial charge in [0, 0.05) is 26.2 Å². The van der Waals surface area contributed by atoms with Gasteiger partial charge in [-0.1, -0.05) is 12.1 Å². The first-order chi connectivity index (χ1) is 13.4. The molecular formula is C21H30N2O5. The Morgan fingerprint density at radius 3 is 2.61 bits per heavy atom. The molecule has 2 saturated heterocycles. The third kappa shape index (κ3) is 4.12. The van der Waals surface area contributed by atoms with Crippen molar-refractivity contribution in [1.29, 1.82) is 0 Å². The molecule has 0 bridgehead atoms. The Morgan fingerprint density at radius 1 is 1.18 bits per heavy atom. The predicted molar refractivity (Wildman–Crippen MR) is 106 cm³/mol. The van der Waals surface area contributed by atoms with Crippen LogP contribution in [-0.4, -0.2) is 80.5 Å². The Kier molecular flexibility index (Phi) is 5.51. The fourth-order valence-corrected chi connectivity index (χ4v) is 4.09. The summed E-state index contributed by atoms with van der Waals surface area (Å²) >= 11 is 0. The number of methoxy groups -OCH3 is 1. The van der Waals surface area contributed by atoms with E-state index < -0.39 is 18.0 Å². The van der Waals surface area contributed by atoms with Crippen LogP contribution in [0.1, 0.15) is 13.8 Å². The van der Waals surface area contributed by atoms with Gasteiger partial charge >= 0.3 is 0 Å². The average molecular weight is 390 g/mol. The molecule has 1 aromatic carbocycles. The Balaban J connectivity index is 1.29. The molecule has 0 radical (unpaired) electrons. The molecule has 28 heavy (non-hydrogen) atoms. The number of ether oxygens (including phenoxy) is 4. The highest BCUT2D eigenvalue weighted by atomic mass is 16.8. The van der Waals surface area contributed by atoms with Crippen LogP contribution < -0.4 is 9.64 Å². The zero-order chi connectivity index (χ0) is 19.7. The summed E-state index contributed by atoms with van der Waals surface area (Å²) in [4.78, 5) is 4.70. The number of hydrogen-bond acceptors (Lipinski definition) is 7. The van der Waals surface area contributed by atoms with E-state index in [1.165, 1.54) is 0 Å². The van der Waals surface area contributed by atoms with E-state index in [9.17, 15) is 5.11 Å². The molecular weight excluding hydrogens is 360 g/mol. The maximum absolute atomic E-state index is 10.4. The van der Waals surface area contributed by atoms with Gasteiger partial charge in [0.25, 0.3) is 0 Å². The maximum Gasteiger partial charge on any atom is 0.163 e. The van der Waals surface area contributed by atoms with Crippen molar-refractivity contribution in [2.45, 2.75) is 37.9 Å². The van der Waals surface area contributed by atoms with Crippen LogP contribution in [0.4, 0.5) is 5.69 Å². The molecule has 0 unspecified atom stereocenters. The molecule has 7 nitrogen and oxygen atoms in total. The quantitative estimate of drug-likeness (QED) is 0.820. The Labute approximate surface area is 166 Å². The largest absolute Gasteiger partial charge is 0.495 e. The number of rotatable bonds is 5. The van der Waals surface area contributed by atoms with Gasteiger partial charge in [-0.05, 0) is 32.1 Å². The number of aliphatic hydroxyl groups is 1. The lowest BCUT2D eigenvalue weighted by Gasteiger charge is -2.36. The van der Waals surface area contributed by atoms with E-state index in [1.807, 2.05) is 38.1 Å². The van der Waals surface area contributed by atoms with E-state index in [-0.39, 0.29) is 6.10 Å². The lowest BCUT2D eigenvalue weighted by molar-refractivity contribution is -0.157. The molecule has 3 atom stereocenters. The van der Waals surface area contributed by atoms with Gasteiger partial charge in [-0.3, -0.25) is 4.90 Å². The summed E-state index contributed by atoms with van der Waals surface area (Å²) in [6.07, 6.45) is 0.506. The fraction of sp³-hybridized carbons (Fsp3) is 0.619. The number of aliphatic hydroxyl groups excluding tert-OH is 1. The SMILES string of the molecule is COc1ccccc1N1CCN(CC2=C[C@@H](O)[C@@H]([C@H]3COC(C)(C)O3)O2)CC1. The van der Waals surface area contributed by atoms with Crippen molar-refractivity contribution in [3.63, 3.8) is 0 Å². The molecule has 3 aliphatic rings. The zero-order valence-corrected chi connectivity index (χ0v) is 16.8. The van der Waals surface area contributed by atoms with Crippen molar-refractivity contribution in [2.24, 2.45) is 0 Å². The van der Waals surface area contributed by atoms with E-state index in [1.54, 1.807) is 7.11 Å². The van der Waals surface area contributed by atoms with Crippen molar-refractivity contribution in [1.82, 2.24) is 4.90 Å². The normalized spacial score (nSPS) is 30.2. The zero-order valence-electron chi connectivity index (χ0n) is 16.8. The molecule has 0 aliphatic carbocycles. The van der Waals surface area contributed by atoms with Crippen LogP contribution in [0, 0.1) is 0 Å². The predicted octanol–water partition coefficient (Wildman–Crippen LogP) is 1.61. The number of piperazine rings is 1. The first-order valence-corrected chi connectivity index (χ1v) is 9.93. The van der Waals surface area contributed by atoms with Gasteiger partial charge < -0.3 is 29.0 Å². The monoisotopic (exact) mass is 390 g/mol. The van der Waals surface area contributed by atoms with Crippen LogP contribution in [0.2, 0.25) is 0 Å². The topological polar surface area (TPSA) is 63.6 Å². The number of anilines is 1. The van der Waals surface area contributed by atoms with Crippen molar-refractivity contribution in [3.05, 3.63) is 36.1 Å². The van der Waals surface area contributed by atoms with Gasteiger partial charge in [0.15, 0.2) is 11.9 Å². The molecule has 4 rings (SSSR count). The van der Waals surface area contributed by atoms with E-state index in [4.69, 9.17) is 18.9 Å². The molecule has 154 valence electrons. The van der Waals surface area contributed by atoms with Gasteiger partial charge in [-0.15, -0.1) is 0 Å². The van der Waals surface area contributed by atoms with Crippen LogP contribution >= 0.6 is 0 Å². The number of hydrogen-bond donors (Lipinski definition) is 1. The summed E-state index contributed by atoms with van der Waals surface area (Å²) in [6.45, 7) is 8.59. The molecule has 0 amide bonds. The van der Waals surface area contributed by atoms with Crippen molar-refractivity contribution in [2.75, 3.05) is 51.3 Å². The minimum Gasteiger partial charge on any atom is -0.495 e. The minimum atomic E-state index is -0.660. The highest BCUT2D eigenvalue weighted by Crippen LogP contribution is 2.32. The number of benzene rings is 1. The standard InChI is InChI=1S/C21H30N2O5/c1-21(2)26-14-19(28-21)20-17(24)12-15(27-20)13-22-8-10-23(11-9-22)16-6-4-5-7-18(16)25-3/h4-7,12,17,19-20,24H,8-11,13-14H2,1-3H3/t17-,19-,20+/m1/s1. The highest BCUT2D eigenvalue weighted by Gasteiger charge is 2.43. The third-order valence-electron chi connectivity index (χ3n) is 5.56. The van der Waals surface area contributed by atoms with Gasteiger partial charge in [0.05, 0.1) is 25.9 Å². The van der Waals surface area contributed by atoms with Crippen LogP contribution in [0.25, 0.3) is 0 Å². The summed E-state index contributed by atoms with van der Waals surface area (Å²) in [7, 11) is 1.71. The Bertz CT molecular complexity index is 715. The Hall–Kier alpha value is -1.80. The molecule has 0 spiro atoms. The van der Waals surface area contributed by atoms with E-state index in [0.717, 1.165) is 43.4 Å². The van der Waals surface area contributed by atoms with Gasteiger partial charge in [0.2, 0.25) is 0 Å². The summed E-state index contributed by atoms with van der Waals surface area (Å²) in [5, 5.41) is 10.4. The molecule has 2 fully saturated rings. The second-order valence-electron chi connectivity index (χ2n) is 8.01. The molecule has 3 aliphatic heterocycles. The van der Waals surface area contributed by atoms with Crippen LogP contribution in [0.15, 0.2) is 36.1 Å². The van der Waals surface area contributed by atoms with Gasteiger partial charge in [0.1, 0.15) is 23.7 Å². The van der Waals surface area contributed by atoms with Crippen LogP contribution in [0.3, 0.4) is 0 Å². The molecule has 1 N–H and O–H groups in total. The first-order valence-electron chi connectivity index (χ1n) is 9.93. The average Bonchev–Trinajstić information content (AvgIpc) is 3.23. The van der Waals surface area contributed by atoms with Crippen molar-refractivity contribution < 1.29 is 24.1 Å². The third-order valence-corrected chi connectivity index (χ3v) is 5.56. The lowest BCUT2D eigenvalue weighted by Crippen LogP contribution is -2.47. The molecule has 1 aromatic rings. The second-order valence-corrected chi connectivity index (χ2v) is 8.01. The Morgan fingerprint density at radius 2 is 1.93 bits per heavy atom. The van der Waals surface area contributed by atoms with E-state index in [2.05, 4.69) is 15.9 Å². The van der Waals surface area contributed by atoms with Crippen LogP contribution in [-0.2, 0) is 14.2 Å². The summed E-state index contributed by atoms with van der Waals surface area (Å²) in [6, 6.07) is 8.13. The molecule has 3 heterocycles. The first kappa shape index (κ1) is 19.5.